The second-order valence-corrected chi connectivity index (χ2v) is 6.47. The molecule has 0 spiro atoms. The Morgan fingerprint density at radius 2 is 1.93 bits per heavy atom. The van der Waals surface area contributed by atoms with Gasteiger partial charge in [0.2, 0.25) is 0 Å². The lowest BCUT2D eigenvalue weighted by Gasteiger charge is -2.29. The number of carbonyl (C=O) groups is 1. The Morgan fingerprint density at radius 1 is 1.19 bits per heavy atom. The first-order valence-electron chi connectivity index (χ1n) is 8.72. The van der Waals surface area contributed by atoms with Crippen LogP contribution in [0.4, 0.5) is 5.69 Å². The third kappa shape index (κ3) is 3.60. The SMILES string of the molecule is COc1ccc(CCN2C(=O)COc3cnn(C(C)C)c(=O)c32)cc1OC. The van der Waals surface area contributed by atoms with Crippen LogP contribution in [0.25, 0.3) is 0 Å². The highest BCUT2D eigenvalue weighted by Gasteiger charge is 2.30. The molecule has 2 heterocycles. The minimum Gasteiger partial charge on any atom is -0.493 e. The molecule has 0 fully saturated rings. The zero-order valence-electron chi connectivity index (χ0n) is 15.9. The number of rotatable bonds is 6. The van der Waals surface area contributed by atoms with Crippen molar-refractivity contribution in [1.82, 2.24) is 9.78 Å². The molecule has 2 aromatic rings. The van der Waals surface area contributed by atoms with Crippen molar-refractivity contribution < 1.29 is 19.0 Å². The summed E-state index contributed by atoms with van der Waals surface area (Å²) in [5.41, 5.74) is 0.880. The summed E-state index contributed by atoms with van der Waals surface area (Å²) in [5.74, 6) is 1.35. The highest BCUT2D eigenvalue weighted by Crippen LogP contribution is 2.30. The number of ether oxygens (including phenoxy) is 3. The molecule has 1 amide bonds. The molecule has 8 heteroatoms. The number of hydrogen-bond donors (Lipinski definition) is 0. The van der Waals surface area contributed by atoms with Gasteiger partial charge in [0.1, 0.15) is 0 Å². The maximum Gasteiger partial charge on any atom is 0.294 e. The number of methoxy groups -OCH3 is 2. The second kappa shape index (κ2) is 7.69. The number of anilines is 1. The van der Waals surface area contributed by atoms with Crippen molar-refractivity contribution in [3.63, 3.8) is 0 Å². The summed E-state index contributed by atoms with van der Waals surface area (Å²) in [7, 11) is 3.15. The van der Waals surface area contributed by atoms with Crippen molar-refractivity contribution in [2.24, 2.45) is 0 Å². The van der Waals surface area contributed by atoms with E-state index < -0.39 is 0 Å². The molecule has 27 heavy (non-hydrogen) atoms. The Balaban J connectivity index is 1.89. The number of benzene rings is 1. The van der Waals surface area contributed by atoms with Crippen LogP contribution in [0.15, 0.2) is 29.2 Å². The van der Waals surface area contributed by atoms with Crippen LogP contribution in [0.1, 0.15) is 25.5 Å². The molecular weight excluding hydrogens is 350 g/mol. The van der Waals surface area contributed by atoms with Gasteiger partial charge in [-0.1, -0.05) is 6.07 Å². The minimum absolute atomic E-state index is 0.105. The molecule has 1 aliphatic rings. The van der Waals surface area contributed by atoms with E-state index in [1.54, 1.807) is 14.2 Å². The van der Waals surface area contributed by atoms with Gasteiger partial charge < -0.3 is 19.1 Å². The van der Waals surface area contributed by atoms with E-state index in [1.165, 1.54) is 15.8 Å². The molecule has 8 nitrogen and oxygen atoms in total. The first-order chi connectivity index (χ1) is 13.0. The number of fused-ring (bicyclic) bond motifs is 1. The molecule has 0 saturated carbocycles. The Kier molecular flexibility index (Phi) is 5.34. The molecule has 0 unspecified atom stereocenters. The van der Waals surface area contributed by atoms with Crippen LogP contribution in [-0.4, -0.2) is 43.1 Å². The number of hydrogen-bond acceptors (Lipinski definition) is 6. The van der Waals surface area contributed by atoms with E-state index in [2.05, 4.69) is 5.10 Å². The molecule has 0 atom stereocenters. The van der Waals surface area contributed by atoms with Gasteiger partial charge >= 0.3 is 0 Å². The van der Waals surface area contributed by atoms with E-state index in [9.17, 15) is 9.59 Å². The van der Waals surface area contributed by atoms with Crippen LogP contribution in [0.3, 0.4) is 0 Å². The average molecular weight is 373 g/mol. The Hall–Kier alpha value is -3.03. The second-order valence-electron chi connectivity index (χ2n) is 6.47. The van der Waals surface area contributed by atoms with Gasteiger partial charge in [-0.3, -0.25) is 9.59 Å². The Morgan fingerprint density at radius 3 is 2.59 bits per heavy atom. The molecule has 0 saturated heterocycles. The highest BCUT2D eigenvalue weighted by atomic mass is 16.5. The number of nitrogens with zero attached hydrogens (tertiary/aromatic N) is 3. The lowest BCUT2D eigenvalue weighted by Crippen LogP contribution is -2.45. The lowest BCUT2D eigenvalue weighted by molar-refractivity contribution is -0.121. The molecular formula is C19H23N3O5. The topological polar surface area (TPSA) is 82.9 Å². The van der Waals surface area contributed by atoms with E-state index in [4.69, 9.17) is 14.2 Å². The highest BCUT2D eigenvalue weighted by molar-refractivity contribution is 5.97. The smallest absolute Gasteiger partial charge is 0.294 e. The monoisotopic (exact) mass is 373 g/mol. The normalized spacial score (nSPS) is 13.4. The number of aromatic nitrogens is 2. The summed E-state index contributed by atoms with van der Waals surface area (Å²) in [5, 5.41) is 4.12. The molecule has 0 bridgehead atoms. The maximum atomic E-state index is 12.8. The quantitative estimate of drug-likeness (QED) is 0.768. The lowest BCUT2D eigenvalue weighted by atomic mass is 10.1. The fraction of sp³-hybridized carbons (Fsp3) is 0.421. The van der Waals surface area contributed by atoms with Crippen LogP contribution in [-0.2, 0) is 11.2 Å². The standard InChI is InChI=1S/C19H23N3O5/c1-12(2)22-19(24)18-16(10-20-22)27-11-17(23)21(18)8-7-13-5-6-14(25-3)15(9-13)26-4/h5-6,9-10,12H,7-8,11H2,1-4H3. The Labute approximate surface area is 157 Å². The molecule has 1 aliphatic heterocycles. The van der Waals surface area contributed by atoms with Crippen molar-refractivity contribution in [2.75, 3.05) is 32.3 Å². The molecule has 3 rings (SSSR count). The van der Waals surface area contributed by atoms with Crippen LogP contribution < -0.4 is 24.7 Å². The average Bonchev–Trinajstić information content (AvgIpc) is 2.67. The van der Waals surface area contributed by atoms with Gasteiger partial charge in [0.05, 0.1) is 26.5 Å². The summed E-state index contributed by atoms with van der Waals surface area (Å²) in [4.78, 5) is 26.7. The predicted molar refractivity (Wildman–Crippen MR) is 100.0 cm³/mol. The van der Waals surface area contributed by atoms with Gasteiger partial charge in [0.25, 0.3) is 11.5 Å². The van der Waals surface area contributed by atoms with Crippen molar-refractivity contribution in [2.45, 2.75) is 26.3 Å². The molecule has 0 aliphatic carbocycles. The molecule has 0 radical (unpaired) electrons. The third-order valence-electron chi connectivity index (χ3n) is 4.43. The summed E-state index contributed by atoms with van der Waals surface area (Å²) >= 11 is 0. The van der Waals surface area contributed by atoms with Crippen LogP contribution in [0, 0.1) is 0 Å². The zero-order valence-corrected chi connectivity index (χ0v) is 15.9. The van der Waals surface area contributed by atoms with E-state index in [0.717, 1.165) is 5.56 Å². The van der Waals surface area contributed by atoms with Gasteiger partial charge in [-0.05, 0) is 38.0 Å². The van der Waals surface area contributed by atoms with E-state index >= 15 is 0 Å². The summed E-state index contributed by atoms with van der Waals surface area (Å²) in [6.45, 7) is 3.97. The van der Waals surface area contributed by atoms with Gasteiger partial charge in [-0.2, -0.15) is 5.10 Å². The minimum atomic E-state index is -0.331. The van der Waals surface area contributed by atoms with Crippen LogP contribution >= 0.6 is 0 Å². The van der Waals surface area contributed by atoms with E-state index in [0.29, 0.717) is 30.2 Å². The van der Waals surface area contributed by atoms with Gasteiger partial charge in [-0.25, -0.2) is 4.68 Å². The van der Waals surface area contributed by atoms with Gasteiger partial charge in [-0.15, -0.1) is 0 Å². The largest absolute Gasteiger partial charge is 0.493 e. The Bertz CT molecular complexity index is 907. The summed E-state index contributed by atoms with van der Waals surface area (Å²) < 4.78 is 17.3. The predicted octanol–water partition coefficient (Wildman–Crippen LogP) is 1.81. The summed E-state index contributed by atoms with van der Waals surface area (Å²) in [6, 6.07) is 5.47. The van der Waals surface area contributed by atoms with Crippen molar-refractivity contribution in [1.29, 1.82) is 0 Å². The van der Waals surface area contributed by atoms with E-state index in [-0.39, 0.29) is 29.8 Å². The maximum absolute atomic E-state index is 12.8. The molecule has 144 valence electrons. The number of carbonyl (C=O) groups excluding carboxylic acids is 1. The summed E-state index contributed by atoms with van der Waals surface area (Å²) in [6.07, 6.45) is 2.04. The van der Waals surface area contributed by atoms with Gasteiger partial charge in [0, 0.05) is 6.54 Å². The zero-order chi connectivity index (χ0) is 19.6. The molecule has 1 aromatic heterocycles. The fourth-order valence-electron chi connectivity index (χ4n) is 3.02. The van der Waals surface area contributed by atoms with Crippen molar-refractivity contribution in [3.05, 3.63) is 40.3 Å². The fourth-order valence-corrected chi connectivity index (χ4v) is 3.02. The first kappa shape index (κ1) is 18.8. The van der Waals surface area contributed by atoms with Crippen LogP contribution in [0.5, 0.6) is 17.2 Å². The number of amides is 1. The molecule has 1 aromatic carbocycles. The van der Waals surface area contributed by atoms with Crippen LogP contribution in [0.2, 0.25) is 0 Å². The first-order valence-corrected chi connectivity index (χ1v) is 8.72. The molecule has 0 N–H and O–H groups in total. The van der Waals surface area contributed by atoms with Crippen molar-refractivity contribution >= 4 is 11.6 Å². The van der Waals surface area contributed by atoms with E-state index in [1.807, 2.05) is 32.0 Å². The van der Waals surface area contributed by atoms with Gasteiger partial charge in [0.15, 0.2) is 29.5 Å². The van der Waals surface area contributed by atoms with Crippen molar-refractivity contribution in [3.8, 4) is 17.2 Å². The third-order valence-corrected chi connectivity index (χ3v) is 4.43.